The topological polar surface area (TPSA) is 95.4 Å². The molecule has 0 aliphatic carbocycles. The molecule has 7 nitrogen and oxygen atoms in total. The van der Waals surface area contributed by atoms with Crippen molar-refractivity contribution in [2.75, 3.05) is 0 Å². The Morgan fingerprint density at radius 3 is 2.79 bits per heavy atom. The number of fused-ring (bicyclic) bond motifs is 1. The van der Waals surface area contributed by atoms with Gasteiger partial charge in [0.15, 0.2) is 4.32 Å². The van der Waals surface area contributed by atoms with Crippen molar-refractivity contribution in [1.82, 2.24) is 20.4 Å². The van der Waals surface area contributed by atoms with Crippen molar-refractivity contribution in [3.8, 4) is 5.75 Å². The molecule has 2 heterocycles. The maximum Gasteiger partial charge on any atom is 0.285 e. The number of nitrogens with zero attached hydrogens (tertiary/aromatic N) is 3. The van der Waals surface area contributed by atoms with E-state index >= 15 is 0 Å². The normalized spacial score (nSPS) is 15.4. The number of rotatable bonds is 3. The third kappa shape index (κ3) is 3.45. The lowest BCUT2D eigenvalue weighted by molar-refractivity contribution is -0.123. The van der Waals surface area contributed by atoms with E-state index in [9.17, 15) is 14.7 Å². The number of hydrogen-bond donors (Lipinski definition) is 2. The zero-order valence-electron chi connectivity index (χ0n) is 14.2. The van der Waals surface area contributed by atoms with Crippen LogP contribution in [0.4, 0.5) is 0 Å². The van der Waals surface area contributed by atoms with Crippen LogP contribution in [0.1, 0.15) is 15.9 Å². The van der Waals surface area contributed by atoms with E-state index < -0.39 is 11.8 Å². The van der Waals surface area contributed by atoms with Gasteiger partial charge in [0.1, 0.15) is 5.75 Å². The van der Waals surface area contributed by atoms with E-state index in [4.69, 9.17) is 12.2 Å². The number of carbonyl (C=O) groups excluding carboxylic acids is 2. The minimum atomic E-state index is -0.551. The van der Waals surface area contributed by atoms with Crippen LogP contribution in [0.3, 0.4) is 0 Å². The molecule has 1 aliphatic heterocycles. The van der Waals surface area contributed by atoms with Gasteiger partial charge in [-0.1, -0.05) is 30.0 Å². The fourth-order valence-corrected chi connectivity index (χ4v) is 3.82. The molecule has 0 unspecified atom stereocenters. The van der Waals surface area contributed by atoms with Crippen molar-refractivity contribution in [1.29, 1.82) is 0 Å². The van der Waals surface area contributed by atoms with Gasteiger partial charge in [0, 0.05) is 23.5 Å². The lowest BCUT2D eigenvalue weighted by Crippen LogP contribution is -2.44. The molecule has 1 fully saturated rings. The van der Waals surface area contributed by atoms with Gasteiger partial charge in [0.05, 0.1) is 15.9 Å². The summed E-state index contributed by atoms with van der Waals surface area (Å²) in [5, 5.41) is 10.5. The van der Waals surface area contributed by atoms with Crippen LogP contribution >= 0.6 is 24.0 Å². The number of benzene rings is 2. The molecule has 0 bridgehead atoms. The van der Waals surface area contributed by atoms with E-state index in [-0.39, 0.29) is 15.6 Å². The number of thiocarbonyl (C=S) groups is 1. The molecule has 1 aliphatic rings. The first-order valence-corrected chi connectivity index (χ1v) is 9.33. The Morgan fingerprint density at radius 1 is 1.18 bits per heavy atom. The Bertz CT molecular complexity index is 1160. The van der Waals surface area contributed by atoms with Crippen LogP contribution in [0, 0.1) is 0 Å². The quantitative estimate of drug-likeness (QED) is 0.508. The number of phenolic OH excluding ortho intramolecular Hbond substituents is 1. The number of nitrogens with one attached hydrogen (secondary N) is 1. The molecule has 2 amide bonds. The van der Waals surface area contributed by atoms with Gasteiger partial charge in [0.25, 0.3) is 11.8 Å². The summed E-state index contributed by atoms with van der Waals surface area (Å²) < 4.78 is 0.205. The maximum absolute atomic E-state index is 12.7. The summed E-state index contributed by atoms with van der Waals surface area (Å²) in [7, 11) is 0. The number of aromatic hydroxyl groups is 1. The zero-order chi connectivity index (χ0) is 19.7. The molecule has 0 saturated carbocycles. The van der Waals surface area contributed by atoms with Crippen molar-refractivity contribution in [3.05, 3.63) is 70.9 Å². The van der Waals surface area contributed by atoms with Gasteiger partial charge in [-0.05, 0) is 42.6 Å². The highest BCUT2D eigenvalue weighted by Gasteiger charge is 2.34. The summed E-state index contributed by atoms with van der Waals surface area (Å²) in [4.78, 5) is 34.0. The molecule has 0 spiro atoms. The molecule has 9 heteroatoms. The third-order valence-corrected chi connectivity index (χ3v) is 5.23. The highest BCUT2D eigenvalue weighted by Crippen LogP contribution is 2.32. The lowest BCUT2D eigenvalue weighted by atomic mass is 10.1. The summed E-state index contributed by atoms with van der Waals surface area (Å²) in [6.07, 6.45) is 4.86. The Morgan fingerprint density at radius 2 is 1.96 bits per heavy atom. The fraction of sp³-hybridized carbons (Fsp3) is 0. The number of amides is 2. The smallest absolute Gasteiger partial charge is 0.285 e. The summed E-state index contributed by atoms with van der Waals surface area (Å²) in [6.45, 7) is 0. The van der Waals surface area contributed by atoms with Crippen LogP contribution in [0.25, 0.3) is 17.1 Å². The van der Waals surface area contributed by atoms with Crippen LogP contribution in [-0.2, 0) is 4.79 Å². The number of aromatic nitrogens is 2. The summed E-state index contributed by atoms with van der Waals surface area (Å²) >= 11 is 6.32. The first-order valence-electron chi connectivity index (χ1n) is 8.10. The number of hydrazine groups is 1. The van der Waals surface area contributed by atoms with Gasteiger partial charge in [0.2, 0.25) is 0 Å². The Kier molecular flexibility index (Phi) is 4.76. The molecule has 0 atom stereocenters. The van der Waals surface area contributed by atoms with Gasteiger partial charge in [-0.3, -0.25) is 25.0 Å². The van der Waals surface area contributed by atoms with Crippen molar-refractivity contribution in [3.63, 3.8) is 0 Å². The van der Waals surface area contributed by atoms with Crippen LogP contribution in [0.5, 0.6) is 5.75 Å². The van der Waals surface area contributed by atoms with Crippen LogP contribution in [0.2, 0.25) is 0 Å². The summed E-state index contributed by atoms with van der Waals surface area (Å²) in [6, 6.07) is 11.3. The van der Waals surface area contributed by atoms with E-state index in [1.54, 1.807) is 18.5 Å². The van der Waals surface area contributed by atoms with Crippen LogP contribution < -0.4 is 5.43 Å². The number of thioether (sulfide) groups is 1. The molecule has 4 rings (SSSR count). The lowest BCUT2D eigenvalue weighted by Gasteiger charge is -2.15. The number of para-hydroxylation sites is 1. The van der Waals surface area contributed by atoms with E-state index in [2.05, 4.69) is 15.4 Å². The van der Waals surface area contributed by atoms with E-state index in [0.29, 0.717) is 15.9 Å². The highest BCUT2D eigenvalue weighted by molar-refractivity contribution is 8.26. The number of phenols is 1. The minimum Gasteiger partial charge on any atom is -0.508 e. The van der Waals surface area contributed by atoms with Crippen molar-refractivity contribution < 1.29 is 14.7 Å². The van der Waals surface area contributed by atoms with Gasteiger partial charge in [-0.2, -0.15) is 5.01 Å². The average Bonchev–Trinajstić information content (AvgIpc) is 2.95. The van der Waals surface area contributed by atoms with Gasteiger partial charge >= 0.3 is 0 Å². The molecule has 28 heavy (non-hydrogen) atoms. The number of hydrogen-bond acceptors (Lipinski definition) is 7. The predicted molar refractivity (Wildman–Crippen MR) is 110 cm³/mol. The molecule has 2 aromatic carbocycles. The maximum atomic E-state index is 12.7. The third-order valence-electron chi connectivity index (χ3n) is 3.93. The molecule has 0 radical (unpaired) electrons. The first kappa shape index (κ1) is 18.1. The van der Waals surface area contributed by atoms with Gasteiger partial charge < -0.3 is 5.11 Å². The monoisotopic (exact) mass is 408 g/mol. The molecule has 138 valence electrons. The second-order valence-electron chi connectivity index (χ2n) is 5.78. The van der Waals surface area contributed by atoms with Crippen LogP contribution in [0.15, 0.2) is 59.8 Å². The van der Waals surface area contributed by atoms with Gasteiger partial charge in [-0.15, -0.1) is 0 Å². The van der Waals surface area contributed by atoms with Crippen molar-refractivity contribution in [2.24, 2.45) is 0 Å². The van der Waals surface area contributed by atoms with Gasteiger partial charge in [-0.25, -0.2) is 0 Å². The largest absolute Gasteiger partial charge is 0.508 e. The predicted octanol–water partition coefficient (Wildman–Crippen LogP) is 2.88. The minimum absolute atomic E-state index is 0.0463. The molecule has 1 aromatic heterocycles. The fourth-order valence-electron chi connectivity index (χ4n) is 2.65. The molecule has 2 N–H and O–H groups in total. The molecular weight excluding hydrogens is 396 g/mol. The van der Waals surface area contributed by atoms with Crippen molar-refractivity contribution >= 4 is 57.2 Å². The Balaban J connectivity index is 1.60. The molecular formula is C19H12N4O3S2. The molecule has 1 saturated heterocycles. The van der Waals surface area contributed by atoms with E-state index in [0.717, 1.165) is 22.3 Å². The first-order chi connectivity index (χ1) is 13.5. The number of carbonyl (C=O) groups is 2. The SMILES string of the molecule is O=C(NN1C(=O)/C(=C/c2cccc3nccnc23)SC1=S)c1cccc(O)c1. The Labute approximate surface area is 169 Å². The molecule has 3 aromatic rings. The second kappa shape index (κ2) is 7.37. The zero-order valence-corrected chi connectivity index (χ0v) is 15.8. The van der Waals surface area contributed by atoms with E-state index in [1.165, 1.54) is 24.3 Å². The summed E-state index contributed by atoms with van der Waals surface area (Å²) in [5.74, 6) is -1.04. The standard InChI is InChI=1S/C19H12N4O3S2/c24-13-5-1-4-12(9-13)17(25)22-23-18(26)15(28-19(23)27)10-11-3-2-6-14-16(11)21-8-7-20-14/h1-10,24H,(H,22,25)/b15-10-. The van der Waals surface area contributed by atoms with E-state index in [1.807, 2.05) is 18.2 Å². The summed E-state index contributed by atoms with van der Waals surface area (Å²) in [5.41, 5.74) is 4.79. The van der Waals surface area contributed by atoms with Crippen molar-refractivity contribution in [2.45, 2.75) is 0 Å². The Hall–Kier alpha value is -3.30. The second-order valence-corrected chi connectivity index (χ2v) is 7.46. The van der Waals surface area contributed by atoms with Crippen LogP contribution in [-0.4, -0.2) is 36.2 Å². The highest BCUT2D eigenvalue weighted by atomic mass is 32.2. The average molecular weight is 408 g/mol.